The Hall–Kier alpha value is -0.860. The van der Waals surface area contributed by atoms with Crippen LogP contribution in [0.1, 0.15) is 5.56 Å². The van der Waals surface area contributed by atoms with Crippen molar-refractivity contribution >= 4 is 25.8 Å². The molecule has 1 rings (SSSR count). The van der Waals surface area contributed by atoms with Crippen LogP contribution >= 0.6 is 15.9 Å². The lowest BCUT2D eigenvalue weighted by Crippen LogP contribution is -1.98. The van der Waals surface area contributed by atoms with E-state index >= 15 is 0 Å². The molecule has 0 saturated carbocycles. The summed E-state index contributed by atoms with van der Waals surface area (Å²) in [5.41, 5.74) is 0.697. The van der Waals surface area contributed by atoms with Crippen LogP contribution in [0.15, 0.2) is 27.6 Å². The normalized spacial score (nSPS) is 10.9. The lowest BCUT2D eigenvalue weighted by atomic mass is 10.2. The Morgan fingerprint density at radius 1 is 1.43 bits per heavy atom. The van der Waals surface area contributed by atoms with Gasteiger partial charge in [-0.05, 0) is 23.8 Å². The van der Waals surface area contributed by atoms with Crippen molar-refractivity contribution in [3.63, 3.8) is 0 Å². The van der Waals surface area contributed by atoms with Crippen LogP contribution in [0.5, 0.6) is 0 Å². The molecule has 0 fully saturated rings. The maximum atomic E-state index is 11.2. The van der Waals surface area contributed by atoms with E-state index < -0.39 is 9.84 Å². The smallest absolute Gasteiger partial charge is 0.175 e. The first-order valence-corrected chi connectivity index (χ1v) is 6.48. The molecule has 0 N–H and O–H groups in total. The van der Waals surface area contributed by atoms with Crippen LogP contribution in [0.25, 0.3) is 0 Å². The van der Waals surface area contributed by atoms with Crippen molar-refractivity contribution in [1.82, 2.24) is 0 Å². The van der Waals surface area contributed by atoms with Gasteiger partial charge in [0, 0.05) is 10.7 Å². The van der Waals surface area contributed by atoms with Crippen LogP contribution < -0.4 is 0 Å². The fraction of sp³-hybridized carbons (Fsp3) is 0.222. The van der Waals surface area contributed by atoms with Gasteiger partial charge in [0.1, 0.15) is 0 Å². The Kier molecular flexibility index (Phi) is 3.29. The van der Waals surface area contributed by atoms with Crippen molar-refractivity contribution in [3.8, 4) is 6.07 Å². The first-order chi connectivity index (χ1) is 6.43. The number of rotatable bonds is 2. The second-order valence-electron chi connectivity index (χ2n) is 2.90. The standard InChI is InChI=1S/C9H8BrNO2S/c1-14(12,13)9-5-7(2-3-11)4-8(10)6-9/h4-6H,2H2,1H3. The maximum absolute atomic E-state index is 11.2. The third kappa shape index (κ3) is 2.82. The minimum Gasteiger partial charge on any atom is -0.224 e. The van der Waals surface area contributed by atoms with Gasteiger partial charge in [-0.1, -0.05) is 15.9 Å². The number of hydrogen-bond acceptors (Lipinski definition) is 3. The molecule has 3 nitrogen and oxygen atoms in total. The summed E-state index contributed by atoms with van der Waals surface area (Å²) in [5, 5.41) is 8.49. The SMILES string of the molecule is CS(=O)(=O)c1cc(Br)cc(CC#N)c1. The third-order valence-electron chi connectivity index (χ3n) is 1.64. The molecule has 0 heterocycles. The number of halogens is 1. The van der Waals surface area contributed by atoms with E-state index in [1.165, 1.54) is 12.1 Å². The Labute approximate surface area is 91.4 Å². The number of sulfone groups is 1. The van der Waals surface area contributed by atoms with Crippen molar-refractivity contribution in [1.29, 1.82) is 5.26 Å². The second kappa shape index (κ2) is 4.11. The summed E-state index contributed by atoms with van der Waals surface area (Å²) in [7, 11) is -3.21. The molecule has 5 heteroatoms. The van der Waals surface area contributed by atoms with Crippen LogP contribution in [-0.2, 0) is 16.3 Å². The average molecular weight is 274 g/mol. The quantitative estimate of drug-likeness (QED) is 0.827. The molecule has 0 radical (unpaired) electrons. The number of hydrogen-bond donors (Lipinski definition) is 0. The maximum Gasteiger partial charge on any atom is 0.175 e. The second-order valence-corrected chi connectivity index (χ2v) is 5.83. The van der Waals surface area contributed by atoms with Crippen molar-refractivity contribution in [3.05, 3.63) is 28.2 Å². The zero-order valence-electron chi connectivity index (χ0n) is 7.49. The predicted molar refractivity (Wildman–Crippen MR) is 56.6 cm³/mol. The first kappa shape index (κ1) is 11.2. The van der Waals surface area contributed by atoms with Gasteiger partial charge in [-0.25, -0.2) is 8.42 Å². The van der Waals surface area contributed by atoms with E-state index in [9.17, 15) is 8.42 Å². The molecule has 0 aliphatic rings. The molecule has 0 aromatic heterocycles. The molecule has 0 unspecified atom stereocenters. The number of benzene rings is 1. The van der Waals surface area contributed by atoms with E-state index in [0.29, 0.717) is 10.0 Å². The fourth-order valence-corrected chi connectivity index (χ4v) is 2.43. The highest BCUT2D eigenvalue weighted by Crippen LogP contribution is 2.19. The Morgan fingerprint density at radius 3 is 2.57 bits per heavy atom. The minimum atomic E-state index is -3.21. The van der Waals surface area contributed by atoms with Crippen molar-refractivity contribution in [2.75, 3.05) is 6.26 Å². The van der Waals surface area contributed by atoms with Crippen LogP contribution in [-0.4, -0.2) is 14.7 Å². The molecule has 0 spiro atoms. The van der Waals surface area contributed by atoms with E-state index in [-0.39, 0.29) is 11.3 Å². The van der Waals surface area contributed by atoms with Gasteiger partial charge in [-0.15, -0.1) is 0 Å². The van der Waals surface area contributed by atoms with Gasteiger partial charge < -0.3 is 0 Å². The summed E-state index contributed by atoms with van der Waals surface area (Å²) in [5.74, 6) is 0. The molecule has 0 aliphatic carbocycles. The van der Waals surface area contributed by atoms with Crippen LogP contribution in [0, 0.1) is 11.3 Å². The van der Waals surface area contributed by atoms with E-state index in [1.54, 1.807) is 6.07 Å². The monoisotopic (exact) mass is 273 g/mol. The molecule has 0 aliphatic heterocycles. The summed E-state index contributed by atoms with van der Waals surface area (Å²) < 4.78 is 23.1. The van der Waals surface area contributed by atoms with Gasteiger partial charge >= 0.3 is 0 Å². The molecular formula is C9H8BrNO2S. The molecule has 0 amide bonds. The minimum absolute atomic E-state index is 0.210. The first-order valence-electron chi connectivity index (χ1n) is 3.80. The largest absolute Gasteiger partial charge is 0.224 e. The number of nitrogens with zero attached hydrogens (tertiary/aromatic N) is 1. The molecule has 0 saturated heterocycles. The third-order valence-corrected chi connectivity index (χ3v) is 3.19. The van der Waals surface area contributed by atoms with Crippen LogP contribution in [0.3, 0.4) is 0 Å². The van der Waals surface area contributed by atoms with Gasteiger partial charge in [0.15, 0.2) is 9.84 Å². The zero-order valence-corrected chi connectivity index (χ0v) is 9.89. The molecule has 74 valence electrons. The highest BCUT2D eigenvalue weighted by molar-refractivity contribution is 9.10. The van der Waals surface area contributed by atoms with E-state index in [2.05, 4.69) is 15.9 Å². The van der Waals surface area contributed by atoms with Crippen molar-refractivity contribution < 1.29 is 8.42 Å². The molecule has 0 atom stereocenters. The van der Waals surface area contributed by atoms with Crippen LogP contribution in [0.2, 0.25) is 0 Å². The topological polar surface area (TPSA) is 57.9 Å². The lowest BCUT2D eigenvalue weighted by Gasteiger charge is -2.02. The molecule has 1 aromatic rings. The summed E-state index contributed by atoms with van der Waals surface area (Å²) in [4.78, 5) is 0.233. The molecular weight excluding hydrogens is 266 g/mol. The van der Waals surface area contributed by atoms with E-state index in [4.69, 9.17) is 5.26 Å². The van der Waals surface area contributed by atoms with Gasteiger partial charge in [0.05, 0.1) is 17.4 Å². The van der Waals surface area contributed by atoms with E-state index in [0.717, 1.165) is 6.26 Å². The van der Waals surface area contributed by atoms with Gasteiger partial charge in [0.25, 0.3) is 0 Å². The Bertz CT molecular complexity index is 488. The highest BCUT2D eigenvalue weighted by atomic mass is 79.9. The summed E-state index contributed by atoms with van der Waals surface area (Å²) in [6.07, 6.45) is 1.35. The molecule has 1 aromatic carbocycles. The lowest BCUT2D eigenvalue weighted by molar-refractivity contribution is 0.601. The van der Waals surface area contributed by atoms with Gasteiger partial charge in [0.2, 0.25) is 0 Å². The molecule has 0 bridgehead atoms. The number of nitriles is 1. The average Bonchev–Trinajstić information content (AvgIpc) is 2.02. The zero-order chi connectivity index (χ0) is 10.8. The van der Waals surface area contributed by atoms with Crippen molar-refractivity contribution in [2.24, 2.45) is 0 Å². The highest BCUT2D eigenvalue weighted by Gasteiger charge is 2.09. The predicted octanol–water partition coefficient (Wildman–Crippen LogP) is 1.92. The Morgan fingerprint density at radius 2 is 2.07 bits per heavy atom. The summed E-state index contributed by atoms with van der Waals surface area (Å²) in [6.45, 7) is 0. The fourth-order valence-electron chi connectivity index (χ4n) is 1.03. The summed E-state index contributed by atoms with van der Waals surface area (Å²) in [6, 6.07) is 6.75. The van der Waals surface area contributed by atoms with Gasteiger partial charge in [-0.2, -0.15) is 5.26 Å². The molecule has 14 heavy (non-hydrogen) atoms. The Balaban J connectivity index is 3.29. The summed E-state index contributed by atoms with van der Waals surface area (Å²) >= 11 is 3.20. The van der Waals surface area contributed by atoms with Crippen molar-refractivity contribution in [2.45, 2.75) is 11.3 Å². The van der Waals surface area contributed by atoms with Crippen LogP contribution in [0.4, 0.5) is 0 Å². The van der Waals surface area contributed by atoms with E-state index in [1.807, 2.05) is 6.07 Å². The van der Waals surface area contributed by atoms with Gasteiger partial charge in [-0.3, -0.25) is 0 Å².